The van der Waals surface area contributed by atoms with Crippen molar-refractivity contribution in [1.82, 2.24) is 25.1 Å². The third-order valence-electron chi connectivity index (χ3n) is 3.82. The van der Waals surface area contributed by atoms with Crippen molar-refractivity contribution in [3.63, 3.8) is 0 Å². The van der Waals surface area contributed by atoms with Crippen molar-refractivity contribution in [3.8, 4) is 0 Å². The maximum absolute atomic E-state index is 12.6. The van der Waals surface area contributed by atoms with E-state index in [0.29, 0.717) is 11.5 Å². The molecule has 23 heavy (non-hydrogen) atoms. The average molecular weight is 316 g/mol. The maximum atomic E-state index is 12.6. The van der Waals surface area contributed by atoms with Crippen LogP contribution in [-0.4, -0.2) is 44.1 Å². The van der Waals surface area contributed by atoms with Gasteiger partial charge in [-0.3, -0.25) is 9.89 Å². The van der Waals surface area contributed by atoms with Crippen molar-refractivity contribution in [1.29, 1.82) is 0 Å². The highest BCUT2D eigenvalue weighted by atomic mass is 16.2. The number of carbonyl (C=O) groups is 1. The molecule has 0 aliphatic heterocycles. The topological polar surface area (TPSA) is 86.8 Å². The molecule has 2 N–H and O–H groups in total. The van der Waals surface area contributed by atoms with E-state index in [2.05, 4.69) is 25.5 Å². The van der Waals surface area contributed by atoms with E-state index in [4.69, 9.17) is 0 Å². The number of rotatable bonds is 5. The smallest absolute Gasteiger partial charge is 0.257 e. The van der Waals surface area contributed by atoms with Gasteiger partial charge >= 0.3 is 0 Å². The molecular formula is C16H24N6O. The lowest BCUT2D eigenvalue weighted by molar-refractivity contribution is 0.0741. The summed E-state index contributed by atoms with van der Waals surface area (Å²) in [6, 6.07) is 0.154. The number of aryl methyl sites for hydroxylation is 2. The fourth-order valence-corrected chi connectivity index (χ4v) is 2.52. The fourth-order valence-electron chi connectivity index (χ4n) is 2.52. The van der Waals surface area contributed by atoms with Crippen LogP contribution in [0.25, 0.3) is 0 Å². The average Bonchev–Trinajstić information content (AvgIpc) is 2.84. The van der Waals surface area contributed by atoms with Crippen LogP contribution in [0.2, 0.25) is 0 Å². The van der Waals surface area contributed by atoms with Gasteiger partial charge in [0.2, 0.25) is 5.95 Å². The first-order valence-electron chi connectivity index (χ1n) is 7.68. The minimum absolute atomic E-state index is 0.0882. The van der Waals surface area contributed by atoms with E-state index in [1.165, 1.54) is 0 Å². The third kappa shape index (κ3) is 3.67. The van der Waals surface area contributed by atoms with Crippen LogP contribution < -0.4 is 5.32 Å². The molecule has 0 fully saturated rings. The van der Waals surface area contributed by atoms with Crippen molar-refractivity contribution < 1.29 is 4.79 Å². The van der Waals surface area contributed by atoms with Gasteiger partial charge in [0.25, 0.3) is 5.91 Å². The van der Waals surface area contributed by atoms with E-state index in [0.717, 1.165) is 17.0 Å². The zero-order valence-electron chi connectivity index (χ0n) is 14.5. The molecule has 1 atom stereocenters. The molecule has 2 aromatic rings. The summed E-state index contributed by atoms with van der Waals surface area (Å²) in [7, 11) is 1.78. The van der Waals surface area contributed by atoms with Crippen molar-refractivity contribution in [3.05, 3.63) is 34.9 Å². The number of H-pyrrole nitrogens is 1. The molecule has 0 bridgehead atoms. The highest BCUT2D eigenvalue weighted by Gasteiger charge is 2.23. The second-order valence-electron chi connectivity index (χ2n) is 6.03. The van der Waals surface area contributed by atoms with Crippen molar-refractivity contribution in [2.45, 2.75) is 46.7 Å². The lowest BCUT2D eigenvalue weighted by Crippen LogP contribution is -2.30. The van der Waals surface area contributed by atoms with E-state index in [1.807, 2.05) is 34.6 Å². The first-order chi connectivity index (χ1) is 10.8. The van der Waals surface area contributed by atoms with Crippen LogP contribution in [0.1, 0.15) is 54.1 Å². The number of nitrogens with zero attached hydrogens (tertiary/aromatic N) is 4. The van der Waals surface area contributed by atoms with E-state index >= 15 is 0 Å². The summed E-state index contributed by atoms with van der Waals surface area (Å²) in [5, 5.41) is 10.3. The van der Waals surface area contributed by atoms with Crippen LogP contribution in [0.5, 0.6) is 0 Å². The quantitative estimate of drug-likeness (QED) is 0.885. The minimum Gasteiger partial charge on any atom is -0.352 e. The Balaban J connectivity index is 2.16. The molecule has 2 rings (SSSR count). The summed E-state index contributed by atoms with van der Waals surface area (Å²) in [6.45, 7) is 9.89. The van der Waals surface area contributed by atoms with Crippen LogP contribution in [0.15, 0.2) is 12.4 Å². The van der Waals surface area contributed by atoms with Crippen LogP contribution in [-0.2, 0) is 0 Å². The lowest BCUT2D eigenvalue weighted by Gasteiger charge is -2.25. The summed E-state index contributed by atoms with van der Waals surface area (Å²) < 4.78 is 0. The molecule has 0 aliphatic carbocycles. The molecular weight excluding hydrogens is 292 g/mol. The molecule has 0 aromatic carbocycles. The van der Waals surface area contributed by atoms with Gasteiger partial charge in [0.1, 0.15) is 0 Å². The lowest BCUT2D eigenvalue weighted by atomic mass is 10.0. The largest absolute Gasteiger partial charge is 0.352 e. The van der Waals surface area contributed by atoms with E-state index < -0.39 is 0 Å². The Morgan fingerprint density at radius 1 is 1.22 bits per heavy atom. The molecule has 0 aliphatic rings. The van der Waals surface area contributed by atoms with E-state index in [9.17, 15) is 4.79 Å². The molecule has 0 unspecified atom stereocenters. The first-order valence-corrected chi connectivity index (χ1v) is 7.68. The summed E-state index contributed by atoms with van der Waals surface area (Å²) in [5.74, 6) is 0.405. The predicted molar refractivity (Wildman–Crippen MR) is 89.4 cm³/mol. The van der Waals surface area contributed by atoms with Crippen molar-refractivity contribution >= 4 is 11.9 Å². The van der Waals surface area contributed by atoms with Crippen LogP contribution in [0, 0.1) is 13.8 Å². The normalized spacial score (nSPS) is 12.3. The molecule has 124 valence electrons. The number of hydrogen-bond donors (Lipinski definition) is 2. The highest BCUT2D eigenvalue weighted by molar-refractivity contribution is 5.93. The van der Waals surface area contributed by atoms with E-state index in [1.54, 1.807) is 24.3 Å². The Morgan fingerprint density at radius 3 is 2.30 bits per heavy atom. The molecule has 2 heterocycles. The number of anilines is 1. The van der Waals surface area contributed by atoms with Crippen LogP contribution in [0.3, 0.4) is 0 Å². The Hall–Kier alpha value is -2.44. The Morgan fingerprint density at radius 2 is 1.83 bits per heavy atom. The van der Waals surface area contributed by atoms with Crippen molar-refractivity contribution in [2.24, 2.45) is 0 Å². The van der Waals surface area contributed by atoms with Gasteiger partial charge in [0.15, 0.2) is 0 Å². The van der Waals surface area contributed by atoms with Gasteiger partial charge in [0.05, 0.1) is 17.3 Å². The van der Waals surface area contributed by atoms with Crippen LogP contribution in [0.4, 0.5) is 5.95 Å². The standard InChI is InChI=1S/C16H24N6O/c1-9(2)19-16-17-7-13(8-18-16)15(23)22(6)12(5)14-10(3)20-21-11(14)4/h7-9,12H,1-6H3,(H,20,21)(H,17,18,19)/t12-/m1/s1. The summed E-state index contributed by atoms with van der Waals surface area (Å²) in [6.07, 6.45) is 3.11. The number of nitrogens with one attached hydrogen (secondary N) is 2. The Bertz CT molecular complexity index is 657. The molecule has 7 heteroatoms. The van der Waals surface area contributed by atoms with Gasteiger partial charge in [-0.25, -0.2) is 9.97 Å². The number of carbonyl (C=O) groups excluding carboxylic acids is 1. The Kier molecular flexibility index (Phi) is 4.98. The van der Waals surface area contributed by atoms with Gasteiger partial charge in [-0.2, -0.15) is 5.10 Å². The first kappa shape index (κ1) is 16.9. The number of aromatic amines is 1. The zero-order valence-corrected chi connectivity index (χ0v) is 14.5. The van der Waals surface area contributed by atoms with Gasteiger partial charge < -0.3 is 10.2 Å². The second kappa shape index (κ2) is 6.76. The SMILES string of the molecule is Cc1n[nH]c(C)c1[C@@H](C)N(C)C(=O)c1cnc(NC(C)C)nc1. The Labute approximate surface area is 136 Å². The zero-order chi connectivity index (χ0) is 17.1. The fraction of sp³-hybridized carbons (Fsp3) is 0.500. The summed E-state index contributed by atoms with van der Waals surface area (Å²) >= 11 is 0. The van der Waals surface area contributed by atoms with Gasteiger partial charge in [0, 0.05) is 36.7 Å². The predicted octanol–water partition coefficient (Wildman–Crippen LogP) is 2.47. The molecule has 7 nitrogen and oxygen atoms in total. The summed E-state index contributed by atoms with van der Waals surface area (Å²) in [4.78, 5) is 22.7. The third-order valence-corrected chi connectivity index (χ3v) is 3.82. The second-order valence-corrected chi connectivity index (χ2v) is 6.03. The monoisotopic (exact) mass is 316 g/mol. The molecule has 2 aromatic heterocycles. The van der Waals surface area contributed by atoms with Crippen molar-refractivity contribution in [2.75, 3.05) is 12.4 Å². The molecule has 0 saturated heterocycles. The number of aromatic nitrogens is 4. The maximum Gasteiger partial charge on any atom is 0.257 e. The number of amides is 1. The molecule has 0 radical (unpaired) electrons. The summed E-state index contributed by atoms with van der Waals surface area (Å²) in [5.41, 5.74) is 3.39. The minimum atomic E-state index is -0.117. The van der Waals surface area contributed by atoms with Gasteiger partial charge in [-0.05, 0) is 34.6 Å². The van der Waals surface area contributed by atoms with E-state index in [-0.39, 0.29) is 18.0 Å². The number of hydrogen-bond acceptors (Lipinski definition) is 5. The molecule has 0 saturated carbocycles. The van der Waals surface area contributed by atoms with Crippen LogP contribution >= 0.6 is 0 Å². The molecule has 1 amide bonds. The highest BCUT2D eigenvalue weighted by Crippen LogP contribution is 2.25. The molecule has 0 spiro atoms. The van der Waals surface area contributed by atoms with Gasteiger partial charge in [-0.1, -0.05) is 0 Å². The van der Waals surface area contributed by atoms with Gasteiger partial charge in [-0.15, -0.1) is 0 Å².